The molecule has 1 saturated carbocycles. The summed E-state index contributed by atoms with van der Waals surface area (Å²) in [4.78, 5) is 10.5. The number of rotatable bonds is 5. The summed E-state index contributed by atoms with van der Waals surface area (Å²) >= 11 is 0. The third-order valence-corrected chi connectivity index (χ3v) is 6.27. The number of aryl methyl sites for hydroxylation is 1. The fourth-order valence-corrected chi connectivity index (χ4v) is 4.68. The van der Waals surface area contributed by atoms with E-state index in [0.29, 0.717) is 12.0 Å². The Kier molecular flexibility index (Phi) is 4.47. The van der Waals surface area contributed by atoms with Crippen LogP contribution in [0.25, 0.3) is 11.0 Å². The van der Waals surface area contributed by atoms with E-state index in [1.165, 1.54) is 0 Å². The molecule has 150 valence electrons. The van der Waals surface area contributed by atoms with Crippen molar-refractivity contribution in [2.75, 3.05) is 25.1 Å². The first-order chi connectivity index (χ1) is 13.7. The number of aliphatic hydroxyl groups excluding tert-OH is 1. The van der Waals surface area contributed by atoms with Crippen LogP contribution in [0.1, 0.15) is 44.6 Å². The summed E-state index contributed by atoms with van der Waals surface area (Å²) in [6.07, 6.45) is 8.26. The van der Waals surface area contributed by atoms with E-state index in [9.17, 15) is 5.11 Å². The molecule has 2 aromatic heterocycles. The lowest BCUT2D eigenvalue weighted by molar-refractivity contribution is -0.117. The quantitative estimate of drug-likeness (QED) is 0.820. The number of fused-ring (bicyclic) bond motifs is 1. The molecule has 8 heteroatoms. The summed E-state index contributed by atoms with van der Waals surface area (Å²) < 4.78 is 7.43. The second kappa shape index (κ2) is 7.00. The molecule has 4 heterocycles. The zero-order chi connectivity index (χ0) is 19.1. The number of hydrogen-bond donors (Lipinski definition) is 2. The summed E-state index contributed by atoms with van der Waals surface area (Å²) in [7, 11) is 0. The first kappa shape index (κ1) is 17.9. The zero-order valence-electron chi connectivity index (χ0n) is 16.2. The summed E-state index contributed by atoms with van der Waals surface area (Å²) in [6.45, 7) is 4.64. The second-order valence-electron chi connectivity index (χ2n) is 8.22. The average molecular weight is 385 g/mol. The van der Waals surface area contributed by atoms with Gasteiger partial charge in [-0.05, 0) is 38.5 Å². The lowest BCUT2D eigenvalue weighted by atomic mass is 9.69. The van der Waals surface area contributed by atoms with E-state index in [0.717, 1.165) is 79.9 Å². The van der Waals surface area contributed by atoms with Gasteiger partial charge in [-0.3, -0.25) is 0 Å². The number of nitrogens with one attached hydrogen (secondary N) is 1. The number of oxime groups is 1. The Morgan fingerprint density at radius 2 is 2.11 bits per heavy atom. The van der Waals surface area contributed by atoms with Crippen molar-refractivity contribution < 1.29 is 14.7 Å². The fourth-order valence-electron chi connectivity index (χ4n) is 4.68. The molecule has 1 spiro atoms. The van der Waals surface area contributed by atoms with E-state index in [1.807, 2.05) is 17.1 Å². The standard InChI is InChI=1S/C20H27N5O3/c1-2-25-19-16(11-22-25)18(23-14-3-5-27-6-4-14)15(10-21-19)17-9-20(28-24-17)7-13(8-20)12-26/h10-11,13-14,26H,2-9,12H2,1H3,(H,21,23). The van der Waals surface area contributed by atoms with Gasteiger partial charge in [-0.25, -0.2) is 9.67 Å². The molecule has 2 N–H and O–H groups in total. The number of pyridine rings is 1. The third-order valence-electron chi connectivity index (χ3n) is 6.27. The van der Waals surface area contributed by atoms with E-state index in [4.69, 9.17) is 14.6 Å². The van der Waals surface area contributed by atoms with Gasteiger partial charge in [0, 0.05) is 50.6 Å². The van der Waals surface area contributed by atoms with E-state index in [2.05, 4.69) is 22.5 Å². The molecule has 3 aliphatic rings. The maximum atomic E-state index is 9.35. The normalized spacial score (nSPS) is 27.6. The summed E-state index contributed by atoms with van der Waals surface area (Å²) in [5.41, 5.74) is 3.64. The molecule has 1 saturated heterocycles. The van der Waals surface area contributed by atoms with Crippen LogP contribution in [0.3, 0.4) is 0 Å². The molecule has 0 aromatic carbocycles. The van der Waals surface area contributed by atoms with E-state index < -0.39 is 0 Å². The Bertz CT molecular complexity index is 897. The highest BCUT2D eigenvalue weighted by Gasteiger charge is 2.50. The number of anilines is 1. The zero-order valence-corrected chi connectivity index (χ0v) is 16.2. The van der Waals surface area contributed by atoms with Crippen LogP contribution in [0.2, 0.25) is 0 Å². The van der Waals surface area contributed by atoms with Crippen LogP contribution in [-0.4, -0.2) is 57.0 Å². The Hall–Kier alpha value is -2.19. The molecule has 8 nitrogen and oxygen atoms in total. The number of nitrogens with zero attached hydrogens (tertiary/aromatic N) is 4. The largest absolute Gasteiger partial charge is 0.396 e. The van der Waals surface area contributed by atoms with Gasteiger partial charge in [0.1, 0.15) is 5.60 Å². The molecule has 2 fully saturated rings. The van der Waals surface area contributed by atoms with Crippen LogP contribution < -0.4 is 5.32 Å². The van der Waals surface area contributed by atoms with Crippen molar-refractivity contribution in [1.29, 1.82) is 0 Å². The molecular weight excluding hydrogens is 358 g/mol. The van der Waals surface area contributed by atoms with E-state index in [1.54, 1.807) is 0 Å². The van der Waals surface area contributed by atoms with Crippen molar-refractivity contribution in [3.8, 4) is 0 Å². The van der Waals surface area contributed by atoms with Crippen molar-refractivity contribution in [2.24, 2.45) is 11.1 Å². The van der Waals surface area contributed by atoms with Crippen LogP contribution in [0, 0.1) is 5.92 Å². The highest BCUT2D eigenvalue weighted by molar-refractivity contribution is 6.10. The Labute approximate surface area is 163 Å². The number of hydrogen-bond acceptors (Lipinski definition) is 7. The first-order valence-corrected chi connectivity index (χ1v) is 10.3. The van der Waals surface area contributed by atoms with Crippen LogP contribution in [0.15, 0.2) is 17.5 Å². The van der Waals surface area contributed by atoms with Gasteiger partial charge in [-0.15, -0.1) is 0 Å². The van der Waals surface area contributed by atoms with Gasteiger partial charge in [-0.2, -0.15) is 5.10 Å². The van der Waals surface area contributed by atoms with Crippen LogP contribution in [-0.2, 0) is 16.1 Å². The molecule has 2 aliphatic heterocycles. The minimum absolute atomic E-state index is 0.223. The predicted molar refractivity (Wildman–Crippen MR) is 105 cm³/mol. The molecule has 1 aliphatic carbocycles. The predicted octanol–water partition coefficient (Wildman–Crippen LogP) is 2.31. The summed E-state index contributed by atoms with van der Waals surface area (Å²) in [5, 5.41) is 23.1. The Morgan fingerprint density at radius 3 is 2.86 bits per heavy atom. The summed E-state index contributed by atoms with van der Waals surface area (Å²) in [5.74, 6) is 0.331. The molecule has 2 aromatic rings. The molecular formula is C20H27N5O3. The van der Waals surface area contributed by atoms with E-state index >= 15 is 0 Å². The molecule has 0 radical (unpaired) electrons. The van der Waals surface area contributed by atoms with Crippen molar-refractivity contribution >= 4 is 22.4 Å². The fraction of sp³-hybridized carbons (Fsp3) is 0.650. The molecule has 0 unspecified atom stereocenters. The van der Waals surface area contributed by atoms with Crippen LogP contribution in [0.5, 0.6) is 0 Å². The lowest BCUT2D eigenvalue weighted by Gasteiger charge is -2.41. The third kappa shape index (κ3) is 2.95. The van der Waals surface area contributed by atoms with Crippen LogP contribution >= 0.6 is 0 Å². The van der Waals surface area contributed by atoms with Gasteiger partial charge in [-0.1, -0.05) is 5.16 Å². The van der Waals surface area contributed by atoms with Gasteiger partial charge in [0.15, 0.2) is 5.65 Å². The average Bonchev–Trinajstić information content (AvgIpc) is 3.32. The molecule has 0 atom stereocenters. The Morgan fingerprint density at radius 1 is 1.29 bits per heavy atom. The molecule has 0 amide bonds. The highest BCUT2D eigenvalue weighted by Crippen LogP contribution is 2.47. The topological polar surface area (TPSA) is 93.8 Å². The van der Waals surface area contributed by atoms with Gasteiger partial charge < -0.3 is 20.0 Å². The minimum Gasteiger partial charge on any atom is -0.396 e. The number of ether oxygens (including phenoxy) is 1. The smallest absolute Gasteiger partial charge is 0.159 e. The van der Waals surface area contributed by atoms with Gasteiger partial charge in [0.05, 0.1) is 23.0 Å². The lowest BCUT2D eigenvalue weighted by Crippen LogP contribution is -2.45. The van der Waals surface area contributed by atoms with Crippen molar-refractivity contribution in [2.45, 2.75) is 57.2 Å². The second-order valence-corrected chi connectivity index (χ2v) is 8.22. The van der Waals surface area contributed by atoms with Crippen LogP contribution in [0.4, 0.5) is 5.69 Å². The van der Waals surface area contributed by atoms with Gasteiger partial charge >= 0.3 is 0 Å². The number of aliphatic hydroxyl groups is 1. The summed E-state index contributed by atoms with van der Waals surface area (Å²) in [6, 6.07) is 0.363. The van der Waals surface area contributed by atoms with Crippen molar-refractivity contribution in [1.82, 2.24) is 14.8 Å². The van der Waals surface area contributed by atoms with Gasteiger partial charge in [0.25, 0.3) is 0 Å². The molecule has 5 rings (SSSR count). The molecule has 28 heavy (non-hydrogen) atoms. The first-order valence-electron chi connectivity index (χ1n) is 10.3. The molecule has 0 bridgehead atoms. The monoisotopic (exact) mass is 385 g/mol. The maximum Gasteiger partial charge on any atom is 0.159 e. The van der Waals surface area contributed by atoms with Gasteiger partial charge in [0.2, 0.25) is 0 Å². The number of aromatic nitrogens is 3. The van der Waals surface area contributed by atoms with E-state index in [-0.39, 0.29) is 12.2 Å². The minimum atomic E-state index is -0.235. The van der Waals surface area contributed by atoms with Crippen molar-refractivity contribution in [3.63, 3.8) is 0 Å². The maximum absolute atomic E-state index is 9.35. The SMILES string of the molecule is CCn1ncc2c(NC3CCOCC3)c(C3=NOC4(C3)CC(CO)C4)cnc21. The Balaban J connectivity index is 1.48. The highest BCUT2D eigenvalue weighted by atomic mass is 16.7. The van der Waals surface area contributed by atoms with Crippen molar-refractivity contribution in [3.05, 3.63) is 18.0 Å².